The highest BCUT2D eigenvalue weighted by Crippen LogP contribution is 2.40. The van der Waals surface area contributed by atoms with Crippen molar-refractivity contribution < 1.29 is 23.5 Å². The smallest absolute Gasteiger partial charge is 0.333 e. The van der Waals surface area contributed by atoms with Gasteiger partial charge in [-0.2, -0.15) is 0 Å². The van der Waals surface area contributed by atoms with Crippen LogP contribution >= 0.6 is 0 Å². The zero-order valence-corrected chi connectivity index (χ0v) is 16.8. The molecule has 0 aromatic rings. The largest absolute Gasteiger partial charge is 0.416 e. The first-order valence-corrected chi connectivity index (χ1v) is 15.0. The predicted molar refractivity (Wildman–Crippen MR) is 94.9 cm³/mol. The second kappa shape index (κ2) is 7.15. The molecule has 0 bridgehead atoms. The minimum absolute atomic E-state index is 0.309. The molecule has 23 heavy (non-hydrogen) atoms. The summed E-state index contributed by atoms with van der Waals surface area (Å²) >= 11 is 0. The van der Waals surface area contributed by atoms with Crippen molar-refractivity contribution in [1.29, 1.82) is 0 Å². The van der Waals surface area contributed by atoms with Crippen molar-refractivity contribution in [1.82, 2.24) is 0 Å². The zero-order valence-electron chi connectivity index (χ0n) is 14.8. The van der Waals surface area contributed by atoms with Gasteiger partial charge in [0.25, 0.3) is 5.79 Å². The van der Waals surface area contributed by atoms with Crippen LogP contribution in [-0.2, 0) is 23.5 Å². The number of rotatable bonds is 6. The highest BCUT2D eigenvalue weighted by atomic mass is 29.3. The topological polar surface area (TPSA) is 61.8 Å². The van der Waals surface area contributed by atoms with Gasteiger partial charge in [-0.25, -0.2) is 9.59 Å². The predicted octanol–water partition coefficient (Wildman–Crippen LogP) is 3.33. The van der Waals surface area contributed by atoms with Crippen molar-refractivity contribution in [2.75, 3.05) is 0 Å². The fourth-order valence-corrected chi connectivity index (χ4v) is 9.16. The lowest BCUT2D eigenvalue weighted by atomic mass is 10.0. The minimum atomic E-state index is -1.93. The van der Waals surface area contributed by atoms with Crippen molar-refractivity contribution in [2.45, 2.75) is 63.9 Å². The average molecular weight is 357 g/mol. The van der Waals surface area contributed by atoms with E-state index in [1.54, 1.807) is 0 Å². The van der Waals surface area contributed by atoms with E-state index in [0.29, 0.717) is 12.8 Å². The summed E-state index contributed by atoms with van der Waals surface area (Å²) in [4.78, 5) is 23.6. The molecule has 0 saturated carbocycles. The van der Waals surface area contributed by atoms with Gasteiger partial charge in [0, 0.05) is 18.6 Å². The summed E-state index contributed by atoms with van der Waals surface area (Å²) in [5.74, 6) is -2.69. The first kappa shape index (κ1) is 19.9. The Labute approximate surface area is 140 Å². The molecule has 0 radical (unpaired) electrons. The maximum absolute atomic E-state index is 11.8. The summed E-state index contributed by atoms with van der Waals surface area (Å²) < 4.78 is 17.4. The molecule has 0 aliphatic carbocycles. The second-order valence-electron chi connectivity index (χ2n) is 6.96. The van der Waals surface area contributed by atoms with Crippen LogP contribution in [0.25, 0.3) is 0 Å². The van der Waals surface area contributed by atoms with Crippen LogP contribution in [0.15, 0.2) is 25.3 Å². The Bertz CT molecular complexity index is 477. The monoisotopic (exact) mass is 356 g/mol. The molecule has 1 rings (SSSR count). The molecule has 1 heterocycles. The molecule has 1 aliphatic heterocycles. The molecule has 7 heteroatoms. The molecule has 0 amide bonds. The Balaban J connectivity index is 3.17. The van der Waals surface area contributed by atoms with E-state index in [1.807, 2.05) is 6.92 Å². The second-order valence-corrected chi connectivity index (χ2v) is 22.2. The molecule has 5 nitrogen and oxygen atoms in total. The lowest BCUT2D eigenvalue weighted by Gasteiger charge is -2.50. The van der Waals surface area contributed by atoms with Crippen LogP contribution in [0.4, 0.5) is 0 Å². The summed E-state index contributed by atoms with van der Waals surface area (Å²) in [5.41, 5.74) is 0. The molecule has 130 valence electrons. The van der Waals surface area contributed by atoms with Crippen LogP contribution < -0.4 is 0 Å². The fourth-order valence-electron chi connectivity index (χ4n) is 2.62. The van der Waals surface area contributed by atoms with Crippen molar-refractivity contribution in [3.05, 3.63) is 25.3 Å². The molecule has 0 aromatic carbocycles. The van der Waals surface area contributed by atoms with Gasteiger partial charge in [-0.05, 0) is 19.5 Å². The Hall–Kier alpha value is -1.19. The van der Waals surface area contributed by atoms with E-state index >= 15 is 0 Å². The number of carbonyl (C=O) groups is 2. The van der Waals surface area contributed by atoms with Crippen LogP contribution in [-0.4, -0.2) is 39.3 Å². The molecular formula is C16H28O5Si2. The third kappa shape index (κ3) is 4.21. The number of carbonyl (C=O) groups excluding carboxylic acids is 2. The lowest BCUT2D eigenvalue weighted by Crippen LogP contribution is -2.66. The number of ether oxygens (including phenoxy) is 2. The highest BCUT2D eigenvalue weighted by Gasteiger charge is 2.55. The molecule has 0 aromatic heterocycles. The Morgan fingerprint density at radius 1 is 1.17 bits per heavy atom. The zero-order chi connectivity index (χ0) is 17.9. The molecule has 1 saturated heterocycles. The molecule has 1 fully saturated rings. The van der Waals surface area contributed by atoms with Gasteiger partial charge >= 0.3 is 11.9 Å². The van der Waals surface area contributed by atoms with E-state index in [1.165, 1.54) is 0 Å². The highest BCUT2D eigenvalue weighted by molar-refractivity contribution is 7.38. The van der Waals surface area contributed by atoms with E-state index in [9.17, 15) is 9.59 Å². The minimum Gasteiger partial charge on any atom is -0.416 e. The molecule has 0 N–H and O–H groups in total. The first-order valence-electron chi connectivity index (χ1n) is 7.92. The van der Waals surface area contributed by atoms with Crippen LogP contribution in [0.5, 0.6) is 0 Å². The van der Waals surface area contributed by atoms with Crippen molar-refractivity contribution >= 4 is 27.4 Å². The van der Waals surface area contributed by atoms with Crippen LogP contribution in [0.3, 0.4) is 0 Å². The van der Waals surface area contributed by atoms with Gasteiger partial charge in [0.15, 0.2) is 7.83 Å². The lowest BCUT2D eigenvalue weighted by molar-refractivity contribution is -0.254. The third-order valence-electron chi connectivity index (χ3n) is 4.96. The molecule has 1 atom stereocenters. The summed E-state index contributed by atoms with van der Waals surface area (Å²) in [6.07, 6.45) is 2.69. The number of hydrogen-bond donors (Lipinski definition) is 0. The van der Waals surface area contributed by atoms with Crippen LogP contribution in [0.1, 0.15) is 19.8 Å². The summed E-state index contributed by atoms with van der Waals surface area (Å²) in [6, 6.07) is 1.05. The third-order valence-corrected chi connectivity index (χ3v) is 21.5. The Morgan fingerprint density at radius 3 is 2.00 bits per heavy atom. The van der Waals surface area contributed by atoms with E-state index in [4.69, 9.17) is 13.9 Å². The van der Waals surface area contributed by atoms with Crippen molar-refractivity contribution in [3.63, 3.8) is 0 Å². The number of hydrogen-bond acceptors (Lipinski definition) is 5. The van der Waals surface area contributed by atoms with Gasteiger partial charge in [0.2, 0.25) is 0 Å². The van der Waals surface area contributed by atoms with Gasteiger partial charge in [-0.15, -0.1) is 0 Å². The van der Waals surface area contributed by atoms with Crippen LogP contribution in [0.2, 0.25) is 32.2 Å². The molecule has 0 spiro atoms. The summed E-state index contributed by atoms with van der Waals surface area (Å²) in [7, 11) is -3.38. The molecule has 1 unspecified atom stereocenters. The van der Waals surface area contributed by atoms with Gasteiger partial charge in [0.1, 0.15) is 6.10 Å². The fraction of sp³-hybridized carbons (Fsp3) is 0.625. The average Bonchev–Trinajstić information content (AvgIpc) is 2.48. The SMILES string of the molecule is C=CC(=O)OC(CC)(OC(=O)C=C)C1CC[Si](C)(C)[Si](C)(C)O1. The quantitative estimate of drug-likeness (QED) is 0.316. The van der Waals surface area contributed by atoms with E-state index in [2.05, 4.69) is 39.3 Å². The van der Waals surface area contributed by atoms with E-state index in [-0.39, 0.29) is 0 Å². The maximum Gasteiger partial charge on any atom is 0.333 e. The summed E-state index contributed by atoms with van der Waals surface area (Å²) in [6.45, 7) is 17.7. The first-order chi connectivity index (χ1) is 10.5. The van der Waals surface area contributed by atoms with Crippen molar-refractivity contribution in [2.24, 2.45) is 0 Å². The number of esters is 2. The van der Waals surface area contributed by atoms with Gasteiger partial charge in [-0.3, -0.25) is 0 Å². The Kier molecular flexibility index (Phi) is 6.17. The Morgan fingerprint density at radius 2 is 1.65 bits per heavy atom. The van der Waals surface area contributed by atoms with Gasteiger partial charge in [-0.1, -0.05) is 39.2 Å². The van der Waals surface area contributed by atoms with Crippen molar-refractivity contribution in [3.8, 4) is 0 Å². The normalized spacial score (nSPS) is 22.7. The maximum atomic E-state index is 11.8. The van der Waals surface area contributed by atoms with E-state index in [0.717, 1.165) is 18.2 Å². The molecular weight excluding hydrogens is 328 g/mol. The van der Waals surface area contributed by atoms with Gasteiger partial charge in [0.05, 0.1) is 7.59 Å². The molecule has 1 aliphatic rings. The van der Waals surface area contributed by atoms with Gasteiger partial charge < -0.3 is 13.9 Å². The van der Waals surface area contributed by atoms with Crippen LogP contribution in [0, 0.1) is 0 Å². The standard InChI is InChI=1S/C16H28O5Si2/c1-8-14(17)19-16(10-3,20-15(18)9-2)13-11-12-22(4,5)23(6,7)21-13/h8-9,13H,1-2,10-12H2,3-7H3. The summed E-state index contributed by atoms with van der Waals surface area (Å²) in [5, 5.41) is 0. The van der Waals surface area contributed by atoms with E-state index < -0.39 is 39.3 Å².